The summed E-state index contributed by atoms with van der Waals surface area (Å²) >= 11 is 1.55. The van der Waals surface area contributed by atoms with E-state index < -0.39 is 0 Å². The number of hydrogen-bond acceptors (Lipinski definition) is 4. The van der Waals surface area contributed by atoms with Gasteiger partial charge >= 0.3 is 0 Å². The summed E-state index contributed by atoms with van der Waals surface area (Å²) < 4.78 is 0. The van der Waals surface area contributed by atoms with Gasteiger partial charge in [-0.15, -0.1) is 11.8 Å². The molecule has 1 heterocycles. The number of amides is 1. The molecule has 1 aromatic carbocycles. The van der Waals surface area contributed by atoms with Crippen molar-refractivity contribution in [2.75, 3.05) is 17.3 Å². The van der Waals surface area contributed by atoms with Gasteiger partial charge in [0.15, 0.2) is 0 Å². The Kier molecular flexibility index (Phi) is 3.19. The highest BCUT2D eigenvalue weighted by Crippen LogP contribution is 2.34. The molecule has 0 saturated heterocycles. The van der Waals surface area contributed by atoms with Gasteiger partial charge in [-0.2, -0.15) is 0 Å². The second-order valence-electron chi connectivity index (χ2n) is 3.62. The fourth-order valence-electron chi connectivity index (χ4n) is 1.70. The number of nitrogens with one attached hydrogen (secondary N) is 1. The smallest absolute Gasteiger partial charge is 0.221 e. The normalized spacial score (nSPS) is 10.5. The van der Waals surface area contributed by atoms with Crippen molar-refractivity contribution in [2.24, 2.45) is 0 Å². The number of anilines is 2. The van der Waals surface area contributed by atoms with Crippen LogP contribution in [0, 0.1) is 0 Å². The van der Waals surface area contributed by atoms with Crippen molar-refractivity contribution >= 4 is 39.9 Å². The summed E-state index contributed by atoms with van der Waals surface area (Å²) in [4.78, 5) is 16.4. The Morgan fingerprint density at radius 1 is 1.53 bits per heavy atom. The summed E-state index contributed by atoms with van der Waals surface area (Å²) in [5, 5.41) is 3.64. The maximum absolute atomic E-state index is 11.2. The summed E-state index contributed by atoms with van der Waals surface area (Å²) in [5.41, 5.74) is 8.18. The molecule has 0 atom stereocenters. The van der Waals surface area contributed by atoms with Crippen LogP contribution in [0.15, 0.2) is 29.3 Å². The zero-order valence-corrected chi connectivity index (χ0v) is 10.5. The van der Waals surface area contributed by atoms with Gasteiger partial charge in [0.25, 0.3) is 0 Å². The van der Waals surface area contributed by atoms with Crippen LogP contribution in [-0.2, 0) is 4.79 Å². The number of fused-ring (bicyclic) bond motifs is 1. The van der Waals surface area contributed by atoms with Crippen LogP contribution in [0.2, 0.25) is 0 Å². The van der Waals surface area contributed by atoms with Gasteiger partial charge in [-0.25, -0.2) is 0 Å². The molecule has 0 aliphatic carbocycles. The largest absolute Gasteiger partial charge is 0.397 e. The van der Waals surface area contributed by atoms with Crippen LogP contribution in [0.4, 0.5) is 11.4 Å². The zero-order chi connectivity index (χ0) is 12.4. The van der Waals surface area contributed by atoms with E-state index in [1.54, 1.807) is 18.0 Å². The molecule has 2 aromatic rings. The number of carbonyl (C=O) groups excluding carboxylic acids is 1. The lowest BCUT2D eigenvalue weighted by Crippen LogP contribution is -2.07. The van der Waals surface area contributed by atoms with Crippen molar-refractivity contribution < 1.29 is 4.79 Å². The first-order valence-electron chi connectivity index (χ1n) is 5.12. The third-order valence-corrected chi connectivity index (χ3v) is 3.20. The third-order valence-electron chi connectivity index (χ3n) is 2.42. The SMILES string of the molecule is CSc1cc(NC(C)=O)c2ncccc2c1N. The lowest BCUT2D eigenvalue weighted by molar-refractivity contribution is -0.114. The second kappa shape index (κ2) is 4.63. The Bertz CT molecular complexity index is 583. The Morgan fingerprint density at radius 3 is 2.94 bits per heavy atom. The van der Waals surface area contributed by atoms with Crippen molar-refractivity contribution in [2.45, 2.75) is 11.8 Å². The van der Waals surface area contributed by atoms with Crippen LogP contribution in [0.25, 0.3) is 10.9 Å². The molecule has 0 aliphatic rings. The maximum Gasteiger partial charge on any atom is 0.221 e. The summed E-state index contributed by atoms with van der Waals surface area (Å²) in [7, 11) is 0. The van der Waals surface area contributed by atoms with E-state index in [2.05, 4.69) is 10.3 Å². The van der Waals surface area contributed by atoms with E-state index in [0.717, 1.165) is 15.8 Å². The number of carbonyl (C=O) groups is 1. The van der Waals surface area contributed by atoms with E-state index in [0.29, 0.717) is 11.4 Å². The van der Waals surface area contributed by atoms with Crippen LogP contribution in [0.1, 0.15) is 6.92 Å². The summed E-state index contributed by atoms with van der Waals surface area (Å²) in [6, 6.07) is 5.60. The van der Waals surface area contributed by atoms with Gasteiger partial charge in [0.05, 0.1) is 16.9 Å². The number of nitrogens with two attached hydrogens (primary N) is 1. The average Bonchev–Trinajstić information content (AvgIpc) is 2.32. The molecule has 0 radical (unpaired) electrons. The lowest BCUT2D eigenvalue weighted by Gasteiger charge is -2.11. The van der Waals surface area contributed by atoms with E-state index in [4.69, 9.17) is 5.73 Å². The Morgan fingerprint density at radius 2 is 2.29 bits per heavy atom. The van der Waals surface area contributed by atoms with E-state index in [-0.39, 0.29) is 5.91 Å². The average molecular weight is 247 g/mol. The minimum atomic E-state index is -0.117. The molecular weight excluding hydrogens is 234 g/mol. The highest BCUT2D eigenvalue weighted by atomic mass is 32.2. The van der Waals surface area contributed by atoms with E-state index in [9.17, 15) is 4.79 Å². The monoisotopic (exact) mass is 247 g/mol. The number of pyridine rings is 1. The molecule has 0 bridgehead atoms. The van der Waals surface area contributed by atoms with E-state index in [1.165, 1.54) is 6.92 Å². The minimum Gasteiger partial charge on any atom is -0.397 e. The fourth-order valence-corrected chi connectivity index (χ4v) is 2.27. The fraction of sp³-hybridized carbons (Fsp3) is 0.167. The Balaban J connectivity index is 2.73. The van der Waals surface area contributed by atoms with E-state index in [1.807, 2.05) is 24.5 Å². The quantitative estimate of drug-likeness (QED) is 0.632. The molecule has 5 heteroatoms. The summed E-state index contributed by atoms with van der Waals surface area (Å²) in [5.74, 6) is -0.117. The maximum atomic E-state index is 11.2. The first-order valence-corrected chi connectivity index (χ1v) is 6.34. The Labute approximate surface area is 104 Å². The van der Waals surface area contributed by atoms with Crippen LogP contribution in [0.5, 0.6) is 0 Å². The van der Waals surface area contributed by atoms with Gasteiger partial charge in [0.1, 0.15) is 0 Å². The number of nitrogens with zero attached hydrogens (tertiary/aromatic N) is 1. The van der Waals surface area contributed by atoms with Crippen molar-refractivity contribution in [1.29, 1.82) is 0 Å². The molecule has 1 amide bonds. The number of rotatable bonds is 2. The van der Waals surface area contributed by atoms with Gasteiger partial charge in [0.2, 0.25) is 5.91 Å². The predicted octanol–water partition coefficient (Wildman–Crippen LogP) is 2.50. The summed E-state index contributed by atoms with van der Waals surface area (Å²) in [6.07, 6.45) is 3.64. The van der Waals surface area contributed by atoms with Crippen molar-refractivity contribution in [3.05, 3.63) is 24.4 Å². The molecule has 2 rings (SSSR count). The molecule has 88 valence electrons. The molecule has 17 heavy (non-hydrogen) atoms. The number of aromatic nitrogens is 1. The molecule has 0 saturated carbocycles. The highest BCUT2D eigenvalue weighted by Gasteiger charge is 2.10. The Hall–Kier alpha value is -1.75. The third kappa shape index (κ3) is 2.19. The van der Waals surface area contributed by atoms with Crippen LogP contribution in [0.3, 0.4) is 0 Å². The van der Waals surface area contributed by atoms with Gasteiger partial charge in [-0.3, -0.25) is 9.78 Å². The van der Waals surface area contributed by atoms with Crippen molar-refractivity contribution in [1.82, 2.24) is 4.98 Å². The first kappa shape index (κ1) is 11.7. The zero-order valence-electron chi connectivity index (χ0n) is 9.65. The second-order valence-corrected chi connectivity index (χ2v) is 4.47. The number of thioether (sulfide) groups is 1. The number of benzene rings is 1. The van der Waals surface area contributed by atoms with Gasteiger partial charge in [-0.05, 0) is 24.5 Å². The predicted molar refractivity (Wildman–Crippen MR) is 72.2 cm³/mol. The topological polar surface area (TPSA) is 68.0 Å². The molecule has 0 spiro atoms. The number of hydrogen-bond donors (Lipinski definition) is 2. The number of nitrogen functional groups attached to an aromatic ring is 1. The summed E-state index contributed by atoms with van der Waals surface area (Å²) in [6.45, 7) is 1.48. The molecule has 0 fully saturated rings. The molecule has 3 N–H and O–H groups in total. The van der Waals surface area contributed by atoms with E-state index >= 15 is 0 Å². The van der Waals surface area contributed by atoms with Gasteiger partial charge in [0, 0.05) is 23.4 Å². The standard InChI is InChI=1S/C12H13N3OS/c1-7(16)15-9-6-10(17-2)11(13)8-4-3-5-14-12(8)9/h3-6H,13H2,1-2H3,(H,15,16). The lowest BCUT2D eigenvalue weighted by atomic mass is 10.1. The van der Waals surface area contributed by atoms with Crippen LogP contribution in [-0.4, -0.2) is 17.1 Å². The van der Waals surface area contributed by atoms with Crippen LogP contribution >= 0.6 is 11.8 Å². The molecule has 4 nitrogen and oxygen atoms in total. The molecular formula is C12H13N3OS. The highest BCUT2D eigenvalue weighted by molar-refractivity contribution is 7.98. The molecule has 0 unspecified atom stereocenters. The van der Waals surface area contributed by atoms with Gasteiger partial charge in [-0.1, -0.05) is 0 Å². The molecule has 1 aromatic heterocycles. The minimum absolute atomic E-state index is 0.117. The first-order chi connectivity index (χ1) is 8.13. The van der Waals surface area contributed by atoms with Crippen LogP contribution < -0.4 is 11.1 Å². The van der Waals surface area contributed by atoms with Crippen molar-refractivity contribution in [3.63, 3.8) is 0 Å². The van der Waals surface area contributed by atoms with Gasteiger partial charge < -0.3 is 11.1 Å². The van der Waals surface area contributed by atoms with Crippen molar-refractivity contribution in [3.8, 4) is 0 Å². The molecule has 0 aliphatic heterocycles.